The van der Waals surface area contributed by atoms with Crippen LogP contribution in [0.4, 0.5) is 0 Å². The molecule has 11 heavy (non-hydrogen) atoms. The first-order chi connectivity index (χ1) is 5.15. The number of ether oxygens (including phenoxy) is 1. The first kappa shape index (κ1) is 8.49. The smallest absolute Gasteiger partial charge is 0.321 e. The zero-order valence-corrected chi connectivity index (χ0v) is 6.78. The number of rotatable bonds is 2. The maximum atomic E-state index is 10.6. The first-order valence-corrected chi connectivity index (χ1v) is 3.61. The van der Waals surface area contributed by atoms with Crippen molar-refractivity contribution < 1.29 is 14.6 Å². The Labute approximate surface area is 65.8 Å². The van der Waals surface area contributed by atoms with Crippen LogP contribution in [0.3, 0.4) is 0 Å². The summed E-state index contributed by atoms with van der Waals surface area (Å²) < 4.78 is 5.06. The highest BCUT2D eigenvalue weighted by atomic mass is 16.5. The molecule has 1 aliphatic rings. The number of methoxy groups -OCH3 is 1. The number of hydrogen-bond acceptors (Lipinski definition) is 3. The lowest BCUT2D eigenvalue weighted by Crippen LogP contribution is -2.32. The standard InChI is InChI=1S/C7H13NO3/c1-8-4-5(11-2)3-6(8)7(9)10/h5-6H,3-4H2,1-2H3,(H,9,10). The molecule has 4 heteroatoms. The van der Waals surface area contributed by atoms with Crippen molar-refractivity contribution in [3.63, 3.8) is 0 Å². The van der Waals surface area contributed by atoms with Crippen LogP contribution in [-0.4, -0.2) is 48.8 Å². The predicted octanol–water partition coefficient (Wildman–Crippen LogP) is -0.210. The Morgan fingerprint density at radius 1 is 1.73 bits per heavy atom. The van der Waals surface area contributed by atoms with Crippen LogP contribution < -0.4 is 0 Å². The van der Waals surface area contributed by atoms with Crippen LogP contribution in [0, 0.1) is 0 Å². The number of likely N-dealkylation sites (N-methyl/N-ethyl adjacent to an activating group) is 1. The highest BCUT2D eigenvalue weighted by molar-refractivity contribution is 5.73. The molecule has 2 unspecified atom stereocenters. The summed E-state index contributed by atoms with van der Waals surface area (Å²) in [5.41, 5.74) is 0. The lowest BCUT2D eigenvalue weighted by atomic mass is 10.2. The Bertz CT molecular complexity index is 160. The van der Waals surface area contributed by atoms with Gasteiger partial charge in [-0.3, -0.25) is 9.69 Å². The molecule has 64 valence electrons. The van der Waals surface area contributed by atoms with Gasteiger partial charge in [0, 0.05) is 20.1 Å². The molecular formula is C7H13NO3. The Morgan fingerprint density at radius 3 is 2.64 bits per heavy atom. The fourth-order valence-corrected chi connectivity index (χ4v) is 1.41. The van der Waals surface area contributed by atoms with Gasteiger partial charge >= 0.3 is 5.97 Å². The van der Waals surface area contributed by atoms with E-state index in [1.165, 1.54) is 0 Å². The number of aliphatic carboxylic acids is 1. The molecule has 0 aromatic carbocycles. The summed E-state index contributed by atoms with van der Waals surface area (Å²) >= 11 is 0. The minimum Gasteiger partial charge on any atom is -0.480 e. The average molecular weight is 159 g/mol. The van der Waals surface area contributed by atoms with Gasteiger partial charge in [-0.1, -0.05) is 0 Å². The van der Waals surface area contributed by atoms with Crippen molar-refractivity contribution in [1.29, 1.82) is 0 Å². The number of carboxylic acids is 1. The zero-order valence-electron chi connectivity index (χ0n) is 6.78. The normalized spacial score (nSPS) is 32.5. The van der Waals surface area contributed by atoms with Gasteiger partial charge in [-0.25, -0.2) is 0 Å². The molecule has 4 nitrogen and oxygen atoms in total. The van der Waals surface area contributed by atoms with E-state index in [1.807, 2.05) is 0 Å². The highest BCUT2D eigenvalue weighted by Crippen LogP contribution is 2.17. The summed E-state index contributed by atoms with van der Waals surface area (Å²) in [6, 6.07) is -0.361. The number of likely N-dealkylation sites (tertiary alicyclic amines) is 1. The average Bonchev–Trinajstić information content (AvgIpc) is 2.30. The highest BCUT2D eigenvalue weighted by Gasteiger charge is 2.34. The van der Waals surface area contributed by atoms with E-state index in [2.05, 4.69) is 0 Å². The van der Waals surface area contributed by atoms with E-state index in [0.29, 0.717) is 13.0 Å². The SMILES string of the molecule is COC1CC(C(=O)O)N(C)C1. The Hall–Kier alpha value is -0.610. The van der Waals surface area contributed by atoms with Crippen LogP contribution in [0.1, 0.15) is 6.42 Å². The molecule has 1 heterocycles. The Balaban J connectivity index is 2.51. The lowest BCUT2D eigenvalue weighted by Gasteiger charge is -2.12. The molecule has 1 N–H and O–H groups in total. The van der Waals surface area contributed by atoms with Gasteiger partial charge in [-0.05, 0) is 7.05 Å². The van der Waals surface area contributed by atoms with Crippen LogP contribution in [0.2, 0.25) is 0 Å². The Morgan fingerprint density at radius 2 is 2.36 bits per heavy atom. The van der Waals surface area contributed by atoms with E-state index in [-0.39, 0.29) is 12.1 Å². The molecule has 1 fully saturated rings. The van der Waals surface area contributed by atoms with Crippen LogP contribution in [0.25, 0.3) is 0 Å². The van der Waals surface area contributed by atoms with Crippen molar-refractivity contribution in [3.8, 4) is 0 Å². The third-order valence-electron chi connectivity index (χ3n) is 2.13. The monoisotopic (exact) mass is 159 g/mol. The quantitative estimate of drug-likeness (QED) is 0.605. The van der Waals surface area contributed by atoms with Gasteiger partial charge in [0.1, 0.15) is 6.04 Å². The molecule has 0 aromatic rings. The maximum Gasteiger partial charge on any atom is 0.321 e. The topological polar surface area (TPSA) is 49.8 Å². The van der Waals surface area contributed by atoms with Crippen LogP contribution in [-0.2, 0) is 9.53 Å². The molecule has 0 saturated carbocycles. The molecule has 0 bridgehead atoms. The van der Waals surface area contributed by atoms with Crippen molar-refractivity contribution in [1.82, 2.24) is 4.90 Å². The summed E-state index contributed by atoms with van der Waals surface area (Å²) in [4.78, 5) is 12.4. The van der Waals surface area contributed by atoms with Crippen LogP contribution >= 0.6 is 0 Å². The third-order valence-corrected chi connectivity index (χ3v) is 2.13. The lowest BCUT2D eigenvalue weighted by molar-refractivity contribution is -0.141. The summed E-state index contributed by atoms with van der Waals surface area (Å²) in [7, 11) is 3.42. The third kappa shape index (κ3) is 1.70. The van der Waals surface area contributed by atoms with Gasteiger partial charge in [-0.15, -0.1) is 0 Å². The second-order valence-electron chi connectivity index (χ2n) is 2.89. The minimum atomic E-state index is -0.757. The van der Waals surface area contributed by atoms with E-state index < -0.39 is 5.97 Å². The summed E-state index contributed by atoms with van der Waals surface area (Å²) in [5.74, 6) is -0.757. The van der Waals surface area contributed by atoms with Crippen LogP contribution in [0.15, 0.2) is 0 Å². The fraction of sp³-hybridized carbons (Fsp3) is 0.857. The minimum absolute atomic E-state index is 0.0844. The summed E-state index contributed by atoms with van der Waals surface area (Å²) in [5, 5.41) is 8.70. The van der Waals surface area contributed by atoms with Gasteiger partial charge in [0.2, 0.25) is 0 Å². The number of carbonyl (C=O) groups is 1. The summed E-state index contributed by atoms with van der Waals surface area (Å²) in [6.07, 6.45) is 0.684. The van der Waals surface area contributed by atoms with Gasteiger partial charge < -0.3 is 9.84 Å². The molecule has 0 spiro atoms. The van der Waals surface area contributed by atoms with Crippen molar-refractivity contribution in [2.45, 2.75) is 18.6 Å². The second-order valence-corrected chi connectivity index (χ2v) is 2.89. The molecule has 1 rings (SSSR count). The van der Waals surface area contributed by atoms with E-state index in [1.54, 1.807) is 19.1 Å². The molecule has 0 amide bonds. The largest absolute Gasteiger partial charge is 0.480 e. The van der Waals surface area contributed by atoms with Gasteiger partial charge in [0.25, 0.3) is 0 Å². The van der Waals surface area contributed by atoms with Gasteiger partial charge in [0.05, 0.1) is 6.10 Å². The zero-order chi connectivity index (χ0) is 8.43. The number of hydrogen-bond donors (Lipinski definition) is 1. The predicted molar refractivity (Wildman–Crippen MR) is 39.5 cm³/mol. The number of carboxylic acid groups (broad SMARTS) is 1. The van der Waals surface area contributed by atoms with E-state index in [0.717, 1.165) is 0 Å². The molecular weight excluding hydrogens is 146 g/mol. The van der Waals surface area contributed by atoms with Crippen LogP contribution in [0.5, 0.6) is 0 Å². The molecule has 1 saturated heterocycles. The van der Waals surface area contributed by atoms with Crippen molar-refractivity contribution in [2.75, 3.05) is 20.7 Å². The second kappa shape index (κ2) is 3.19. The summed E-state index contributed by atoms with van der Waals surface area (Å²) in [6.45, 7) is 0.716. The van der Waals surface area contributed by atoms with E-state index >= 15 is 0 Å². The van der Waals surface area contributed by atoms with Crippen molar-refractivity contribution >= 4 is 5.97 Å². The molecule has 0 radical (unpaired) electrons. The van der Waals surface area contributed by atoms with E-state index in [9.17, 15) is 4.79 Å². The van der Waals surface area contributed by atoms with E-state index in [4.69, 9.17) is 9.84 Å². The first-order valence-electron chi connectivity index (χ1n) is 3.61. The molecule has 2 atom stereocenters. The maximum absolute atomic E-state index is 10.6. The molecule has 0 aliphatic carbocycles. The molecule has 0 aromatic heterocycles. The van der Waals surface area contributed by atoms with Crippen molar-refractivity contribution in [2.24, 2.45) is 0 Å². The Kier molecular flexibility index (Phi) is 2.46. The van der Waals surface area contributed by atoms with Crippen molar-refractivity contribution in [3.05, 3.63) is 0 Å². The van der Waals surface area contributed by atoms with Gasteiger partial charge in [0.15, 0.2) is 0 Å². The molecule has 1 aliphatic heterocycles. The fourth-order valence-electron chi connectivity index (χ4n) is 1.41. The van der Waals surface area contributed by atoms with Gasteiger partial charge in [-0.2, -0.15) is 0 Å². The number of nitrogens with zero attached hydrogens (tertiary/aromatic N) is 1.